The van der Waals surface area contributed by atoms with Crippen LogP contribution in [0.2, 0.25) is 0 Å². The molecular weight excluding hydrogens is 378 g/mol. The van der Waals surface area contributed by atoms with Gasteiger partial charge >= 0.3 is 5.69 Å². The molecule has 4 rings (SSSR count). The summed E-state index contributed by atoms with van der Waals surface area (Å²) < 4.78 is 1.67. The van der Waals surface area contributed by atoms with E-state index in [0.717, 1.165) is 5.56 Å². The van der Waals surface area contributed by atoms with Crippen LogP contribution in [-0.4, -0.2) is 41.3 Å². The van der Waals surface area contributed by atoms with Crippen molar-refractivity contribution in [3.63, 3.8) is 0 Å². The summed E-state index contributed by atoms with van der Waals surface area (Å²) in [6, 6.07) is 15.0. The van der Waals surface area contributed by atoms with Gasteiger partial charge in [-0.15, -0.1) is 5.10 Å². The summed E-state index contributed by atoms with van der Waals surface area (Å²) in [5, 5.41) is 14.8. The molecular formula is C18H17N7O2S. The van der Waals surface area contributed by atoms with Crippen molar-refractivity contribution in [1.82, 2.24) is 30.2 Å². The van der Waals surface area contributed by atoms with Gasteiger partial charge in [0.15, 0.2) is 0 Å². The molecule has 0 unspecified atom stereocenters. The van der Waals surface area contributed by atoms with Gasteiger partial charge in [-0.2, -0.15) is 0 Å². The van der Waals surface area contributed by atoms with E-state index in [9.17, 15) is 9.59 Å². The van der Waals surface area contributed by atoms with Gasteiger partial charge in [0, 0.05) is 5.69 Å². The highest BCUT2D eigenvalue weighted by Gasteiger charge is 2.19. The number of nitrogens with one attached hydrogen (secondary N) is 3. The monoisotopic (exact) mass is 395 g/mol. The van der Waals surface area contributed by atoms with Crippen LogP contribution in [0.5, 0.6) is 0 Å². The predicted octanol–water partition coefficient (Wildman–Crippen LogP) is 2.01. The number of fused-ring (bicyclic) bond motifs is 1. The Morgan fingerprint density at radius 3 is 2.79 bits per heavy atom. The molecule has 2 aromatic carbocycles. The molecule has 0 saturated heterocycles. The van der Waals surface area contributed by atoms with Gasteiger partial charge in [0.1, 0.15) is 0 Å². The van der Waals surface area contributed by atoms with Crippen LogP contribution in [-0.2, 0) is 11.3 Å². The molecule has 2 aromatic heterocycles. The number of imidazole rings is 1. The normalized spacial score (nSPS) is 12.2. The summed E-state index contributed by atoms with van der Waals surface area (Å²) in [5.41, 5.74) is 2.71. The molecule has 0 aliphatic rings. The van der Waals surface area contributed by atoms with E-state index in [1.807, 2.05) is 30.3 Å². The van der Waals surface area contributed by atoms with Crippen LogP contribution in [0.1, 0.15) is 12.5 Å². The molecule has 1 amide bonds. The lowest BCUT2D eigenvalue weighted by atomic mass is 10.2. The smallest absolute Gasteiger partial charge is 0.323 e. The summed E-state index contributed by atoms with van der Waals surface area (Å²) in [6.07, 6.45) is 0. The highest BCUT2D eigenvalue weighted by atomic mass is 32.2. The van der Waals surface area contributed by atoms with Gasteiger partial charge in [0.25, 0.3) is 0 Å². The van der Waals surface area contributed by atoms with Gasteiger partial charge in [-0.3, -0.25) is 4.79 Å². The minimum absolute atomic E-state index is 0.184. The number of H-pyrrole nitrogens is 2. The maximum absolute atomic E-state index is 12.6. The number of aromatic nitrogens is 6. The zero-order valence-corrected chi connectivity index (χ0v) is 15.7. The molecule has 0 saturated carbocycles. The Hall–Kier alpha value is -3.40. The van der Waals surface area contributed by atoms with E-state index < -0.39 is 5.25 Å². The Bertz CT molecular complexity index is 1170. The quantitative estimate of drug-likeness (QED) is 0.429. The van der Waals surface area contributed by atoms with E-state index in [1.165, 1.54) is 11.8 Å². The lowest BCUT2D eigenvalue weighted by molar-refractivity contribution is -0.115. The van der Waals surface area contributed by atoms with Crippen molar-refractivity contribution in [3.05, 3.63) is 64.6 Å². The maximum Gasteiger partial charge on any atom is 0.323 e. The minimum atomic E-state index is -0.415. The minimum Gasteiger partial charge on any atom is -0.325 e. The molecule has 0 aliphatic carbocycles. The van der Waals surface area contributed by atoms with E-state index in [1.54, 1.807) is 29.8 Å². The zero-order chi connectivity index (χ0) is 19.5. The molecule has 0 aliphatic heterocycles. The van der Waals surface area contributed by atoms with Crippen LogP contribution in [0.3, 0.4) is 0 Å². The van der Waals surface area contributed by atoms with E-state index >= 15 is 0 Å². The van der Waals surface area contributed by atoms with E-state index in [-0.39, 0.29) is 11.6 Å². The van der Waals surface area contributed by atoms with Gasteiger partial charge in [0.05, 0.1) is 22.8 Å². The third-order valence-electron chi connectivity index (χ3n) is 4.11. The molecule has 9 nitrogen and oxygen atoms in total. The van der Waals surface area contributed by atoms with E-state index in [4.69, 9.17) is 0 Å². The number of amides is 1. The third-order valence-corrected chi connectivity index (χ3v) is 5.18. The second kappa shape index (κ2) is 7.69. The van der Waals surface area contributed by atoms with Crippen molar-refractivity contribution < 1.29 is 4.79 Å². The van der Waals surface area contributed by atoms with E-state index in [2.05, 4.69) is 30.8 Å². The van der Waals surface area contributed by atoms with Crippen molar-refractivity contribution in [1.29, 1.82) is 0 Å². The number of anilines is 1. The fraction of sp³-hybridized carbons (Fsp3) is 0.167. The number of nitrogens with zero attached hydrogens (tertiary/aromatic N) is 4. The summed E-state index contributed by atoms with van der Waals surface area (Å²) in [7, 11) is 0. The molecule has 28 heavy (non-hydrogen) atoms. The Morgan fingerprint density at radius 1 is 1.18 bits per heavy atom. The number of thioether (sulfide) groups is 1. The number of benzene rings is 2. The fourth-order valence-electron chi connectivity index (χ4n) is 2.70. The van der Waals surface area contributed by atoms with Crippen molar-refractivity contribution >= 4 is 34.4 Å². The number of rotatable bonds is 6. The molecule has 3 N–H and O–H groups in total. The highest BCUT2D eigenvalue weighted by Crippen LogP contribution is 2.23. The summed E-state index contributed by atoms with van der Waals surface area (Å²) in [5.74, 6) is -0.184. The number of carbonyl (C=O) groups is 1. The van der Waals surface area contributed by atoms with Crippen LogP contribution in [0.4, 0.5) is 5.69 Å². The molecule has 0 spiro atoms. The molecule has 0 fully saturated rings. The molecule has 0 radical (unpaired) electrons. The Kier molecular flexibility index (Phi) is 4.94. The second-order valence-corrected chi connectivity index (χ2v) is 7.50. The highest BCUT2D eigenvalue weighted by molar-refractivity contribution is 8.00. The Labute approximate surface area is 163 Å². The number of hydrogen-bond donors (Lipinski definition) is 3. The number of carbonyl (C=O) groups excluding carboxylic acids is 1. The molecule has 142 valence electrons. The maximum atomic E-state index is 12.6. The standard InChI is InChI=1S/C18H17N7O2S/c1-11(16(26)19-13-7-8-14-15(9-13)21-17(27)20-14)28-18-22-23-24-25(18)10-12-5-3-2-4-6-12/h2-9,11H,10H2,1H3,(H,19,26)(H2,20,21,27)/t11-/m1/s1. The molecule has 0 bridgehead atoms. The molecule has 10 heteroatoms. The topological polar surface area (TPSA) is 121 Å². The first kappa shape index (κ1) is 18.0. The molecule has 2 heterocycles. The number of tetrazole rings is 1. The summed E-state index contributed by atoms with van der Waals surface area (Å²) in [6.45, 7) is 2.32. The second-order valence-electron chi connectivity index (χ2n) is 6.19. The lowest BCUT2D eigenvalue weighted by Gasteiger charge is -2.12. The number of aromatic amines is 2. The van der Waals surface area contributed by atoms with Crippen LogP contribution in [0.25, 0.3) is 11.0 Å². The predicted molar refractivity (Wildman–Crippen MR) is 106 cm³/mol. The van der Waals surface area contributed by atoms with Crippen LogP contribution in [0.15, 0.2) is 58.5 Å². The first-order valence-electron chi connectivity index (χ1n) is 8.58. The first-order valence-corrected chi connectivity index (χ1v) is 9.46. The van der Waals surface area contributed by atoms with Crippen LogP contribution >= 0.6 is 11.8 Å². The fourth-order valence-corrected chi connectivity index (χ4v) is 3.49. The Morgan fingerprint density at radius 2 is 1.96 bits per heavy atom. The molecule has 4 aromatic rings. The van der Waals surface area contributed by atoms with Gasteiger partial charge in [-0.1, -0.05) is 42.1 Å². The zero-order valence-electron chi connectivity index (χ0n) is 14.9. The summed E-state index contributed by atoms with van der Waals surface area (Å²) in [4.78, 5) is 29.2. The first-order chi connectivity index (χ1) is 13.6. The molecule has 1 atom stereocenters. The van der Waals surface area contributed by atoms with Gasteiger partial charge < -0.3 is 15.3 Å². The Balaban J connectivity index is 1.43. The van der Waals surface area contributed by atoms with Gasteiger partial charge in [-0.05, 0) is 41.1 Å². The van der Waals surface area contributed by atoms with E-state index in [0.29, 0.717) is 28.4 Å². The van der Waals surface area contributed by atoms with Crippen molar-refractivity contribution in [2.24, 2.45) is 0 Å². The number of hydrogen-bond acceptors (Lipinski definition) is 6. The largest absolute Gasteiger partial charge is 0.325 e. The average molecular weight is 395 g/mol. The average Bonchev–Trinajstić information content (AvgIpc) is 3.27. The van der Waals surface area contributed by atoms with Crippen LogP contribution < -0.4 is 11.0 Å². The SMILES string of the molecule is C[C@@H](Sc1nnnn1Cc1ccccc1)C(=O)Nc1ccc2[nH]c(=O)[nH]c2c1. The third kappa shape index (κ3) is 3.96. The van der Waals surface area contributed by atoms with Crippen molar-refractivity contribution in [3.8, 4) is 0 Å². The van der Waals surface area contributed by atoms with Gasteiger partial charge in [0.2, 0.25) is 11.1 Å². The van der Waals surface area contributed by atoms with Crippen molar-refractivity contribution in [2.45, 2.75) is 23.9 Å². The summed E-state index contributed by atoms with van der Waals surface area (Å²) >= 11 is 1.28. The van der Waals surface area contributed by atoms with Crippen molar-refractivity contribution in [2.75, 3.05) is 5.32 Å². The lowest BCUT2D eigenvalue weighted by Crippen LogP contribution is -2.23. The van der Waals surface area contributed by atoms with Gasteiger partial charge in [-0.25, -0.2) is 9.48 Å². The van der Waals surface area contributed by atoms with Crippen LogP contribution in [0, 0.1) is 0 Å².